The number of hydrogen-bond acceptors (Lipinski definition) is 4. The molecule has 1 amide bonds. The first-order valence-electron chi connectivity index (χ1n) is 10.1. The minimum atomic E-state index is -0.620. The third-order valence-electron chi connectivity index (χ3n) is 4.86. The zero-order valence-corrected chi connectivity index (χ0v) is 18.6. The summed E-state index contributed by atoms with van der Waals surface area (Å²) in [7, 11) is 0. The van der Waals surface area contributed by atoms with E-state index in [1.807, 2.05) is 19.1 Å². The van der Waals surface area contributed by atoms with E-state index in [0.717, 1.165) is 30.2 Å². The lowest BCUT2D eigenvalue weighted by Crippen LogP contribution is -2.41. The minimum absolute atomic E-state index is 0.0530. The maximum atomic E-state index is 12.8. The van der Waals surface area contributed by atoms with E-state index in [1.165, 1.54) is 15.0 Å². The number of nitrogens with two attached hydrogens (primary N) is 1. The Morgan fingerprint density at radius 2 is 1.83 bits per heavy atom. The van der Waals surface area contributed by atoms with Crippen molar-refractivity contribution in [2.75, 3.05) is 17.2 Å². The highest BCUT2D eigenvalue weighted by atomic mass is 79.9. The number of H-pyrrole nitrogens is 1. The molecular formula is C21H29BrN4O3. The first kappa shape index (κ1) is 22.9. The van der Waals surface area contributed by atoms with Gasteiger partial charge < -0.3 is 10.6 Å². The number of anilines is 2. The number of nitrogens with one attached hydrogen (secondary N) is 1. The molecule has 7 nitrogen and oxygen atoms in total. The monoisotopic (exact) mass is 464 g/mol. The summed E-state index contributed by atoms with van der Waals surface area (Å²) in [5.74, 6) is -0.113. The van der Waals surface area contributed by atoms with Crippen LogP contribution < -0.4 is 21.9 Å². The molecule has 2 aromatic rings. The lowest BCUT2D eigenvalue weighted by molar-refractivity contribution is -0.118. The van der Waals surface area contributed by atoms with Crippen molar-refractivity contribution in [2.24, 2.45) is 0 Å². The molecule has 0 radical (unpaired) electrons. The molecule has 0 bridgehead atoms. The van der Waals surface area contributed by atoms with Gasteiger partial charge in [-0.25, -0.2) is 4.79 Å². The maximum Gasteiger partial charge on any atom is 0.330 e. The van der Waals surface area contributed by atoms with Crippen LogP contribution in [0.1, 0.15) is 51.5 Å². The van der Waals surface area contributed by atoms with E-state index < -0.39 is 11.2 Å². The lowest BCUT2D eigenvalue weighted by atomic mass is 10.1. The van der Waals surface area contributed by atoms with Crippen LogP contribution in [0.3, 0.4) is 0 Å². The number of aromatic amines is 1. The summed E-state index contributed by atoms with van der Waals surface area (Å²) in [6.45, 7) is 4.51. The molecule has 3 N–H and O–H groups in total. The van der Waals surface area contributed by atoms with Gasteiger partial charge in [0.05, 0.1) is 0 Å². The fourth-order valence-corrected chi connectivity index (χ4v) is 3.49. The van der Waals surface area contributed by atoms with E-state index in [0.29, 0.717) is 25.9 Å². The number of carbonyl (C=O) groups excluding carboxylic acids is 1. The summed E-state index contributed by atoms with van der Waals surface area (Å²) in [5.41, 5.74) is 6.26. The summed E-state index contributed by atoms with van der Waals surface area (Å²) in [4.78, 5) is 40.9. The molecule has 1 aromatic heterocycles. The highest BCUT2D eigenvalue weighted by molar-refractivity contribution is 9.10. The quantitative estimate of drug-likeness (QED) is 0.525. The topological polar surface area (TPSA) is 101 Å². The number of amides is 1. The van der Waals surface area contributed by atoms with Crippen LogP contribution in [0.5, 0.6) is 0 Å². The highest BCUT2D eigenvalue weighted by Crippen LogP contribution is 2.19. The van der Waals surface area contributed by atoms with Gasteiger partial charge in [0.15, 0.2) is 5.69 Å². The smallest absolute Gasteiger partial charge is 0.330 e. The van der Waals surface area contributed by atoms with Crippen molar-refractivity contribution in [3.8, 4) is 0 Å². The second kappa shape index (κ2) is 11.0. The molecule has 1 heterocycles. The number of aromatic nitrogens is 2. The van der Waals surface area contributed by atoms with Crippen LogP contribution in [0, 0.1) is 0 Å². The van der Waals surface area contributed by atoms with Gasteiger partial charge >= 0.3 is 5.69 Å². The summed E-state index contributed by atoms with van der Waals surface area (Å²) >= 11 is 3.42. The number of rotatable bonds is 10. The number of carbonyl (C=O) groups is 1. The summed E-state index contributed by atoms with van der Waals surface area (Å²) in [5, 5.41) is 0. The van der Waals surface area contributed by atoms with Crippen molar-refractivity contribution in [2.45, 2.75) is 58.9 Å². The van der Waals surface area contributed by atoms with E-state index in [2.05, 4.69) is 33.0 Å². The number of hydrogen-bond donors (Lipinski definition) is 2. The van der Waals surface area contributed by atoms with E-state index in [1.54, 1.807) is 6.92 Å². The molecule has 0 fully saturated rings. The predicted molar refractivity (Wildman–Crippen MR) is 120 cm³/mol. The van der Waals surface area contributed by atoms with E-state index in [-0.39, 0.29) is 17.4 Å². The number of nitrogen functional groups attached to an aromatic ring is 1. The Morgan fingerprint density at radius 1 is 1.14 bits per heavy atom. The molecule has 1 aromatic carbocycles. The number of unbranched alkanes of at least 4 members (excludes halogenated alkanes) is 2. The zero-order chi connectivity index (χ0) is 21.4. The van der Waals surface area contributed by atoms with Gasteiger partial charge in [0.1, 0.15) is 5.82 Å². The largest absolute Gasteiger partial charge is 0.383 e. The van der Waals surface area contributed by atoms with Crippen LogP contribution in [0.2, 0.25) is 0 Å². The lowest BCUT2D eigenvalue weighted by Gasteiger charge is -2.23. The standard InChI is InChI=1S/C21H29BrN4O3/c1-3-5-14-26-19(23)18(20(28)24-21(26)29)25(4-2)17(27)9-7-6-8-15-10-12-16(22)13-11-15/h10-13H,3-9,14,23H2,1-2H3,(H,24,28,29). The Kier molecular flexibility index (Phi) is 8.70. The fourth-order valence-electron chi connectivity index (χ4n) is 3.23. The predicted octanol–water partition coefficient (Wildman–Crippen LogP) is 3.45. The van der Waals surface area contributed by atoms with Gasteiger partial charge in [0.2, 0.25) is 5.91 Å². The van der Waals surface area contributed by atoms with Crippen molar-refractivity contribution >= 4 is 33.3 Å². The Morgan fingerprint density at radius 3 is 2.45 bits per heavy atom. The molecule has 8 heteroatoms. The fraction of sp³-hybridized carbons (Fsp3) is 0.476. The first-order valence-corrected chi connectivity index (χ1v) is 10.9. The summed E-state index contributed by atoms with van der Waals surface area (Å²) in [6, 6.07) is 8.12. The average molecular weight is 465 g/mol. The maximum absolute atomic E-state index is 12.8. The van der Waals surface area contributed by atoms with Crippen LogP contribution in [-0.4, -0.2) is 22.0 Å². The average Bonchev–Trinajstić information content (AvgIpc) is 2.69. The minimum Gasteiger partial charge on any atom is -0.383 e. The molecule has 0 saturated carbocycles. The van der Waals surface area contributed by atoms with Crippen LogP contribution in [0.4, 0.5) is 11.5 Å². The molecule has 0 aliphatic heterocycles. The van der Waals surface area contributed by atoms with Crippen molar-refractivity contribution in [1.82, 2.24) is 9.55 Å². The van der Waals surface area contributed by atoms with Gasteiger partial charge in [-0.2, -0.15) is 0 Å². The van der Waals surface area contributed by atoms with E-state index in [4.69, 9.17) is 5.73 Å². The molecular weight excluding hydrogens is 436 g/mol. The van der Waals surface area contributed by atoms with E-state index >= 15 is 0 Å². The molecule has 2 rings (SSSR count). The van der Waals surface area contributed by atoms with Crippen LogP contribution in [0.25, 0.3) is 0 Å². The Balaban J connectivity index is 2.07. The molecule has 0 unspecified atom stereocenters. The first-order chi connectivity index (χ1) is 13.9. The van der Waals surface area contributed by atoms with Gasteiger partial charge in [-0.1, -0.05) is 41.4 Å². The van der Waals surface area contributed by atoms with Gasteiger partial charge in [-0.05, 0) is 50.3 Å². The van der Waals surface area contributed by atoms with Gasteiger partial charge in [-0.15, -0.1) is 0 Å². The van der Waals surface area contributed by atoms with Crippen LogP contribution in [0.15, 0.2) is 38.3 Å². The van der Waals surface area contributed by atoms with Crippen LogP contribution >= 0.6 is 15.9 Å². The highest BCUT2D eigenvalue weighted by Gasteiger charge is 2.22. The second-order valence-corrected chi connectivity index (χ2v) is 7.89. The van der Waals surface area contributed by atoms with E-state index in [9.17, 15) is 14.4 Å². The number of benzene rings is 1. The molecule has 29 heavy (non-hydrogen) atoms. The third-order valence-corrected chi connectivity index (χ3v) is 5.38. The van der Waals surface area contributed by atoms with Gasteiger partial charge in [0.25, 0.3) is 5.56 Å². The van der Waals surface area contributed by atoms with Crippen molar-refractivity contribution in [1.29, 1.82) is 0 Å². The number of nitrogens with zero attached hydrogens (tertiary/aromatic N) is 2. The Labute approximate surface area is 179 Å². The molecule has 0 aliphatic carbocycles. The summed E-state index contributed by atoms with van der Waals surface area (Å²) in [6.07, 6.45) is 4.42. The molecule has 0 saturated heterocycles. The molecule has 0 atom stereocenters. The Bertz CT molecular complexity index is 934. The zero-order valence-electron chi connectivity index (χ0n) is 17.0. The van der Waals surface area contributed by atoms with Gasteiger partial charge in [0, 0.05) is 24.0 Å². The van der Waals surface area contributed by atoms with Crippen molar-refractivity contribution < 1.29 is 4.79 Å². The summed E-state index contributed by atoms with van der Waals surface area (Å²) < 4.78 is 2.38. The van der Waals surface area contributed by atoms with Gasteiger partial charge in [-0.3, -0.25) is 19.1 Å². The molecule has 0 aliphatic rings. The SMILES string of the molecule is CCCCn1c(N)c(N(CC)C(=O)CCCCc2ccc(Br)cc2)c(=O)[nH]c1=O. The Hall–Kier alpha value is -2.35. The number of halogens is 1. The number of aryl methyl sites for hydroxylation is 1. The normalized spacial score (nSPS) is 10.9. The molecule has 158 valence electrons. The van der Waals surface area contributed by atoms with Crippen molar-refractivity contribution in [3.05, 3.63) is 55.1 Å². The van der Waals surface area contributed by atoms with Crippen molar-refractivity contribution in [3.63, 3.8) is 0 Å². The molecule has 0 spiro atoms. The van der Waals surface area contributed by atoms with Crippen LogP contribution in [-0.2, 0) is 17.8 Å². The third kappa shape index (κ3) is 6.06. The second-order valence-electron chi connectivity index (χ2n) is 6.97.